The summed E-state index contributed by atoms with van der Waals surface area (Å²) in [7, 11) is 1.16. The van der Waals surface area contributed by atoms with Crippen LogP contribution in [-0.2, 0) is 14.3 Å². The van der Waals surface area contributed by atoms with Crippen molar-refractivity contribution in [2.24, 2.45) is 0 Å². The Labute approximate surface area is 137 Å². The molecule has 1 heterocycles. The van der Waals surface area contributed by atoms with E-state index < -0.39 is 17.5 Å². The number of aliphatic carboxylic acids is 1. The molecule has 2 N–H and O–H groups in total. The summed E-state index contributed by atoms with van der Waals surface area (Å²) in [5, 5.41) is 20.3. The van der Waals surface area contributed by atoms with Gasteiger partial charge in [-0.3, -0.25) is 10.1 Å². The number of aromatic nitrogens is 2. The van der Waals surface area contributed by atoms with Crippen LogP contribution >= 0.6 is 11.3 Å². The summed E-state index contributed by atoms with van der Waals surface area (Å²) < 4.78 is 4.80. The van der Waals surface area contributed by atoms with Gasteiger partial charge in [0, 0.05) is 12.7 Å². The highest BCUT2D eigenvalue weighted by atomic mass is 32.1. The minimum absolute atomic E-state index is 0.216. The molecule has 0 aliphatic carbocycles. The van der Waals surface area contributed by atoms with E-state index in [4.69, 9.17) is 9.84 Å². The average Bonchev–Trinajstić information content (AvgIpc) is 2.93. The lowest BCUT2D eigenvalue weighted by Gasteiger charge is -2.20. The van der Waals surface area contributed by atoms with Gasteiger partial charge in [-0.25, -0.2) is 4.79 Å². The molecule has 1 aromatic heterocycles. The zero-order valence-corrected chi connectivity index (χ0v) is 14.0. The van der Waals surface area contributed by atoms with Crippen LogP contribution in [0.25, 0.3) is 10.6 Å². The summed E-state index contributed by atoms with van der Waals surface area (Å²) in [5.74, 6) is -2.19. The number of amides is 1. The molecule has 0 spiro atoms. The Bertz CT molecular complexity index is 739. The highest BCUT2D eigenvalue weighted by molar-refractivity contribution is 7.18. The normalized spacial score (nSPS) is 13.4. The van der Waals surface area contributed by atoms with Gasteiger partial charge in [-0.2, -0.15) is 0 Å². The van der Waals surface area contributed by atoms with Crippen LogP contribution in [-0.4, -0.2) is 39.9 Å². The fraction of sp³-hybridized carbons (Fsp3) is 0.333. The number of nitrogens with one attached hydrogen (secondary N) is 1. The van der Waals surface area contributed by atoms with Crippen molar-refractivity contribution >= 4 is 28.3 Å². The molecule has 1 amide bonds. The van der Waals surface area contributed by atoms with E-state index in [-0.39, 0.29) is 5.13 Å². The monoisotopic (exact) mass is 335 g/mol. The van der Waals surface area contributed by atoms with Gasteiger partial charge in [0.1, 0.15) is 5.01 Å². The zero-order valence-electron chi connectivity index (χ0n) is 13.2. The minimum Gasteiger partial charge on any atom is -0.479 e. The maximum atomic E-state index is 12.1. The molecule has 0 bridgehead atoms. The highest BCUT2D eigenvalue weighted by Crippen LogP contribution is 2.28. The third-order valence-electron chi connectivity index (χ3n) is 3.36. The summed E-state index contributed by atoms with van der Waals surface area (Å²) >= 11 is 1.17. The van der Waals surface area contributed by atoms with Gasteiger partial charge in [-0.05, 0) is 32.9 Å². The van der Waals surface area contributed by atoms with Gasteiger partial charge < -0.3 is 9.84 Å². The molecule has 0 fully saturated rings. The van der Waals surface area contributed by atoms with E-state index in [1.54, 1.807) is 0 Å². The van der Waals surface area contributed by atoms with Gasteiger partial charge in [0.25, 0.3) is 5.91 Å². The molecule has 7 nitrogen and oxygen atoms in total. The van der Waals surface area contributed by atoms with E-state index in [0.29, 0.717) is 5.01 Å². The number of benzene rings is 1. The minimum atomic E-state index is -1.98. The SMILES string of the molecule is COC(C)(C(=O)O)C(=O)Nc1nnc(-c2cc(C)cc(C)c2)s1. The highest BCUT2D eigenvalue weighted by Gasteiger charge is 2.42. The van der Waals surface area contributed by atoms with Gasteiger partial charge in [0.05, 0.1) is 0 Å². The van der Waals surface area contributed by atoms with Crippen molar-refractivity contribution in [2.45, 2.75) is 26.4 Å². The number of rotatable bonds is 5. The molecular formula is C15H17N3O4S. The zero-order chi connectivity index (χ0) is 17.2. The second kappa shape index (κ2) is 6.43. The number of nitrogens with zero attached hydrogens (tertiary/aromatic N) is 2. The maximum Gasteiger partial charge on any atom is 0.345 e. The van der Waals surface area contributed by atoms with Crippen molar-refractivity contribution in [1.82, 2.24) is 10.2 Å². The summed E-state index contributed by atoms with van der Waals surface area (Å²) in [5.41, 5.74) is 1.11. The topological polar surface area (TPSA) is 101 Å². The van der Waals surface area contributed by atoms with Gasteiger partial charge in [-0.1, -0.05) is 28.5 Å². The van der Waals surface area contributed by atoms with Gasteiger partial charge in [-0.15, -0.1) is 10.2 Å². The van der Waals surface area contributed by atoms with Crippen LogP contribution in [0.1, 0.15) is 18.1 Å². The molecule has 8 heteroatoms. The summed E-state index contributed by atoms with van der Waals surface area (Å²) in [6.07, 6.45) is 0. The number of ether oxygens (including phenoxy) is 1. The van der Waals surface area contributed by atoms with Gasteiger partial charge in [0.15, 0.2) is 0 Å². The molecule has 0 saturated carbocycles. The molecule has 122 valence electrons. The van der Waals surface area contributed by atoms with E-state index in [1.807, 2.05) is 32.0 Å². The van der Waals surface area contributed by atoms with Crippen molar-refractivity contribution in [2.75, 3.05) is 12.4 Å². The van der Waals surface area contributed by atoms with Crippen LogP contribution in [0, 0.1) is 13.8 Å². The molecule has 1 atom stereocenters. The molecule has 1 aromatic carbocycles. The number of hydrogen-bond acceptors (Lipinski definition) is 6. The molecule has 0 aliphatic heterocycles. The third-order valence-corrected chi connectivity index (χ3v) is 4.25. The van der Waals surface area contributed by atoms with Crippen LogP contribution < -0.4 is 5.32 Å². The van der Waals surface area contributed by atoms with Crippen LogP contribution in [0.4, 0.5) is 5.13 Å². The van der Waals surface area contributed by atoms with Crippen molar-refractivity contribution in [3.63, 3.8) is 0 Å². The second-order valence-electron chi connectivity index (χ2n) is 5.29. The van der Waals surface area contributed by atoms with Crippen molar-refractivity contribution < 1.29 is 19.4 Å². The molecule has 0 radical (unpaired) electrons. The summed E-state index contributed by atoms with van der Waals surface area (Å²) in [6, 6.07) is 5.98. The van der Waals surface area contributed by atoms with E-state index in [0.717, 1.165) is 23.8 Å². The Balaban J connectivity index is 2.23. The van der Waals surface area contributed by atoms with Gasteiger partial charge in [0.2, 0.25) is 10.7 Å². The average molecular weight is 335 g/mol. The van der Waals surface area contributed by atoms with Crippen LogP contribution in [0.2, 0.25) is 0 Å². The van der Waals surface area contributed by atoms with E-state index >= 15 is 0 Å². The fourth-order valence-corrected chi connectivity index (χ4v) is 2.71. The summed E-state index contributed by atoms with van der Waals surface area (Å²) in [6.45, 7) is 5.14. The van der Waals surface area contributed by atoms with Crippen molar-refractivity contribution in [1.29, 1.82) is 0 Å². The second-order valence-corrected chi connectivity index (χ2v) is 6.26. The lowest BCUT2D eigenvalue weighted by atomic mass is 10.1. The molecule has 2 aromatic rings. The number of carboxylic acid groups (broad SMARTS) is 1. The molecule has 0 aliphatic rings. The molecule has 23 heavy (non-hydrogen) atoms. The number of carbonyl (C=O) groups excluding carboxylic acids is 1. The lowest BCUT2D eigenvalue weighted by Crippen LogP contribution is -2.48. The quantitative estimate of drug-likeness (QED) is 0.813. The van der Waals surface area contributed by atoms with Gasteiger partial charge >= 0.3 is 5.97 Å². The fourth-order valence-electron chi connectivity index (χ4n) is 1.98. The van der Waals surface area contributed by atoms with E-state index in [9.17, 15) is 9.59 Å². The predicted molar refractivity (Wildman–Crippen MR) is 86.5 cm³/mol. The molecule has 1 unspecified atom stereocenters. The smallest absolute Gasteiger partial charge is 0.345 e. The number of hydrogen-bond donors (Lipinski definition) is 2. The van der Waals surface area contributed by atoms with E-state index in [1.165, 1.54) is 18.3 Å². The third kappa shape index (κ3) is 3.54. The van der Waals surface area contributed by atoms with Crippen LogP contribution in [0.15, 0.2) is 18.2 Å². The largest absolute Gasteiger partial charge is 0.479 e. The first kappa shape index (κ1) is 17.0. The van der Waals surface area contributed by atoms with Crippen molar-refractivity contribution in [3.05, 3.63) is 29.3 Å². The number of anilines is 1. The molecule has 2 rings (SSSR count). The first-order chi connectivity index (χ1) is 10.8. The molecule has 0 saturated heterocycles. The Hall–Kier alpha value is -2.32. The van der Waals surface area contributed by atoms with Crippen LogP contribution in [0.3, 0.4) is 0 Å². The predicted octanol–water partition coefficient (Wildman–Crippen LogP) is 2.25. The molecular weight excluding hydrogens is 318 g/mol. The van der Waals surface area contributed by atoms with E-state index in [2.05, 4.69) is 15.5 Å². The number of aryl methyl sites for hydroxylation is 2. The van der Waals surface area contributed by atoms with Crippen LogP contribution in [0.5, 0.6) is 0 Å². The first-order valence-electron chi connectivity index (χ1n) is 6.78. The lowest BCUT2D eigenvalue weighted by molar-refractivity contribution is -0.165. The Morgan fingerprint density at radius 3 is 2.35 bits per heavy atom. The maximum absolute atomic E-state index is 12.1. The number of carbonyl (C=O) groups is 2. The standard InChI is InChI=1S/C15H17N3O4S/c1-8-5-9(2)7-10(6-8)11-17-18-14(23-11)16-12(19)15(3,22-4)13(20)21/h5-7H,1-4H3,(H,20,21)(H,16,18,19). The first-order valence-corrected chi connectivity index (χ1v) is 7.60. The number of methoxy groups -OCH3 is 1. The summed E-state index contributed by atoms with van der Waals surface area (Å²) in [4.78, 5) is 23.2. The Morgan fingerprint density at radius 2 is 1.83 bits per heavy atom. The number of carboxylic acids is 1. The Kier molecular flexibility index (Phi) is 4.76. The Morgan fingerprint density at radius 1 is 1.22 bits per heavy atom. The van der Waals surface area contributed by atoms with Crippen molar-refractivity contribution in [3.8, 4) is 10.6 Å².